The topological polar surface area (TPSA) is 92.8 Å². The largest absolute Gasteiger partial charge is 0.457 e. The zero-order valence-corrected chi connectivity index (χ0v) is 16.6. The lowest BCUT2D eigenvalue weighted by Gasteiger charge is -2.11. The molecule has 5 rings (SSSR count). The SMILES string of the molecule is Cc1cccc(-c2[nH]cnc2-c2ccc3ncc(C(=O)O[C@H]4CCNC4)cc3c2)n1. The predicted molar refractivity (Wildman–Crippen MR) is 114 cm³/mol. The number of esters is 1. The molecule has 0 unspecified atom stereocenters. The monoisotopic (exact) mass is 399 g/mol. The van der Waals surface area contributed by atoms with E-state index >= 15 is 0 Å². The number of imidazole rings is 1. The van der Waals surface area contributed by atoms with Gasteiger partial charge in [-0.25, -0.2) is 9.78 Å². The van der Waals surface area contributed by atoms with Crippen LogP contribution in [0.5, 0.6) is 0 Å². The van der Waals surface area contributed by atoms with E-state index in [1.165, 1.54) is 0 Å². The molecule has 0 saturated carbocycles. The van der Waals surface area contributed by atoms with Gasteiger partial charge in [0.05, 0.1) is 34.5 Å². The third-order valence-electron chi connectivity index (χ3n) is 5.26. The lowest BCUT2D eigenvalue weighted by Crippen LogP contribution is -2.20. The van der Waals surface area contributed by atoms with Gasteiger partial charge in [0, 0.05) is 29.4 Å². The Kier molecular flexibility index (Phi) is 4.72. The summed E-state index contributed by atoms with van der Waals surface area (Å²) in [5.74, 6) is -0.340. The number of pyridine rings is 2. The van der Waals surface area contributed by atoms with E-state index in [-0.39, 0.29) is 12.1 Å². The summed E-state index contributed by atoms with van der Waals surface area (Å²) in [6.07, 6.45) is 4.00. The maximum atomic E-state index is 12.5. The smallest absolute Gasteiger partial charge is 0.340 e. The summed E-state index contributed by atoms with van der Waals surface area (Å²) in [5, 5.41) is 4.06. The Balaban J connectivity index is 1.49. The number of rotatable bonds is 4. The van der Waals surface area contributed by atoms with Crippen LogP contribution in [0.4, 0.5) is 0 Å². The minimum Gasteiger partial charge on any atom is -0.457 e. The van der Waals surface area contributed by atoms with Gasteiger partial charge in [0.25, 0.3) is 0 Å². The average molecular weight is 399 g/mol. The van der Waals surface area contributed by atoms with Gasteiger partial charge in [-0.2, -0.15) is 0 Å². The fourth-order valence-electron chi connectivity index (χ4n) is 3.73. The van der Waals surface area contributed by atoms with Gasteiger partial charge in [-0.3, -0.25) is 9.97 Å². The molecule has 1 aliphatic rings. The maximum absolute atomic E-state index is 12.5. The van der Waals surface area contributed by atoms with Gasteiger partial charge in [0.15, 0.2) is 0 Å². The Morgan fingerprint density at radius 1 is 1.17 bits per heavy atom. The molecule has 2 N–H and O–H groups in total. The number of carbonyl (C=O) groups excluding carboxylic acids is 1. The number of nitrogens with zero attached hydrogens (tertiary/aromatic N) is 3. The quantitative estimate of drug-likeness (QED) is 0.510. The lowest BCUT2D eigenvalue weighted by molar-refractivity contribution is 0.0344. The number of hydrogen-bond acceptors (Lipinski definition) is 6. The van der Waals surface area contributed by atoms with Crippen molar-refractivity contribution < 1.29 is 9.53 Å². The second-order valence-corrected chi connectivity index (χ2v) is 7.44. The van der Waals surface area contributed by atoms with Crippen molar-refractivity contribution in [1.29, 1.82) is 0 Å². The molecule has 150 valence electrons. The zero-order chi connectivity index (χ0) is 20.5. The molecule has 1 aromatic carbocycles. The van der Waals surface area contributed by atoms with Crippen molar-refractivity contribution in [2.75, 3.05) is 13.1 Å². The number of nitrogens with one attached hydrogen (secondary N) is 2. The summed E-state index contributed by atoms with van der Waals surface area (Å²) < 4.78 is 5.57. The third-order valence-corrected chi connectivity index (χ3v) is 5.26. The van der Waals surface area contributed by atoms with Crippen molar-refractivity contribution in [2.45, 2.75) is 19.4 Å². The minimum atomic E-state index is -0.340. The number of H-pyrrole nitrogens is 1. The van der Waals surface area contributed by atoms with Gasteiger partial charge in [-0.15, -0.1) is 0 Å². The molecule has 1 aliphatic heterocycles. The highest BCUT2D eigenvalue weighted by Crippen LogP contribution is 2.30. The Bertz CT molecular complexity index is 1230. The van der Waals surface area contributed by atoms with E-state index in [1.54, 1.807) is 12.5 Å². The van der Waals surface area contributed by atoms with Crippen molar-refractivity contribution in [3.63, 3.8) is 0 Å². The van der Waals surface area contributed by atoms with Crippen LogP contribution in [-0.2, 0) is 4.74 Å². The van der Waals surface area contributed by atoms with E-state index in [0.717, 1.165) is 52.2 Å². The molecule has 1 atom stereocenters. The fourth-order valence-corrected chi connectivity index (χ4v) is 3.73. The van der Waals surface area contributed by atoms with Crippen LogP contribution in [-0.4, -0.2) is 45.1 Å². The number of ether oxygens (including phenoxy) is 1. The first-order chi connectivity index (χ1) is 14.7. The van der Waals surface area contributed by atoms with E-state index < -0.39 is 0 Å². The number of aromatic nitrogens is 4. The van der Waals surface area contributed by atoms with Crippen LogP contribution >= 0.6 is 0 Å². The number of fused-ring (bicyclic) bond motifs is 1. The number of aromatic amines is 1. The van der Waals surface area contributed by atoms with Gasteiger partial charge in [-0.05, 0) is 50.2 Å². The van der Waals surface area contributed by atoms with E-state index in [0.29, 0.717) is 12.1 Å². The van der Waals surface area contributed by atoms with Crippen molar-refractivity contribution in [1.82, 2.24) is 25.3 Å². The lowest BCUT2D eigenvalue weighted by atomic mass is 10.0. The van der Waals surface area contributed by atoms with E-state index in [4.69, 9.17) is 4.74 Å². The van der Waals surface area contributed by atoms with Gasteiger partial charge in [-0.1, -0.05) is 12.1 Å². The number of hydrogen-bond donors (Lipinski definition) is 2. The van der Waals surface area contributed by atoms with Crippen LogP contribution in [0.1, 0.15) is 22.5 Å². The van der Waals surface area contributed by atoms with Gasteiger partial charge in [0.1, 0.15) is 6.10 Å². The van der Waals surface area contributed by atoms with Crippen LogP contribution in [0.15, 0.2) is 55.0 Å². The zero-order valence-electron chi connectivity index (χ0n) is 16.6. The van der Waals surface area contributed by atoms with Gasteiger partial charge >= 0.3 is 5.97 Å². The van der Waals surface area contributed by atoms with Gasteiger partial charge < -0.3 is 15.0 Å². The summed E-state index contributed by atoms with van der Waals surface area (Å²) >= 11 is 0. The Hall–Kier alpha value is -3.58. The van der Waals surface area contributed by atoms with E-state index in [9.17, 15) is 4.79 Å². The summed E-state index contributed by atoms with van der Waals surface area (Å²) in [7, 11) is 0. The molecule has 0 amide bonds. The first-order valence-electron chi connectivity index (χ1n) is 9.97. The minimum absolute atomic E-state index is 0.0759. The normalized spacial score (nSPS) is 16.1. The molecule has 0 aliphatic carbocycles. The second kappa shape index (κ2) is 7.68. The molecule has 0 spiro atoms. The molecule has 0 bridgehead atoms. The summed E-state index contributed by atoms with van der Waals surface area (Å²) in [6, 6.07) is 13.6. The van der Waals surface area contributed by atoms with Gasteiger partial charge in [0.2, 0.25) is 0 Å². The summed E-state index contributed by atoms with van der Waals surface area (Å²) in [5.41, 5.74) is 5.63. The molecule has 7 heteroatoms. The summed E-state index contributed by atoms with van der Waals surface area (Å²) in [6.45, 7) is 3.54. The molecule has 4 aromatic rings. The number of aryl methyl sites for hydroxylation is 1. The first-order valence-corrected chi connectivity index (χ1v) is 9.97. The predicted octanol–water partition coefficient (Wildman–Crippen LogP) is 3.51. The molecule has 0 radical (unpaired) electrons. The van der Waals surface area contributed by atoms with Crippen molar-refractivity contribution in [3.8, 4) is 22.6 Å². The molecule has 30 heavy (non-hydrogen) atoms. The second-order valence-electron chi connectivity index (χ2n) is 7.44. The van der Waals surface area contributed by atoms with Crippen LogP contribution < -0.4 is 5.32 Å². The Morgan fingerprint density at radius 3 is 2.93 bits per heavy atom. The highest BCUT2D eigenvalue weighted by molar-refractivity contribution is 5.95. The van der Waals surface area contributed by atoms with Crippen LogP contribution in [0.2, 0.25) is 0 Å². The van der Waals surface area contributed by atoms with Crippen LogP contribution in [0.25, 0.3) is 33.5 Å². The van der Waals surface area contributed by atoms with E-state index in [1.807, 2.05) is 49.4 Å². The molecule has 4 heterocycles. The highest BCUT2D eigenvalue weighted by Gasteiger charge is 2.20. The molecular formula is C23H21N5O2. The standard InChI is InChI=1S/C23H21N5O2/c1-14-3-2-4-20(28-14)22-21(26-13-27-22)15-5-6-19-16(9-15)10-17(11-25-19)23(29)30-18-7-8-24-12-18/h2-6,9-11,13,18,24H,7-8,12H2,1H3,(H,26,27)/t18-/m0/s1. The average Bonchev–Trinajstić information content (AvgIpc) is 3.45. The van der Waals surface area contributed by atoms with E-state index in [2.05, 4.69) is 25.3 Å². The molecular weight excluding hydrogens is 378 g/mol. The number of carbonyl (C=O) groups is 1. The van der Waals surface area contributed by atoms with Crippen LogP contribution in [0, 0.1) is 6.92 Å². The molecule has 7 nitrogen and oxygen atoms in total. The Morgan fingerprint density at radius 2 is 2.10 bits per heavy atom. The molecule has 1 saturated heterocycles. The highest BCUT2D eigenvalue weighted by atomic mass is 16.5. The van der Waals surface area contributed by atoms with Crippen LogP contribution in [0.3, 0.4) is 0 Å². The number of benzene rings is 1. The fraction of sp³-hybridized carbons (Fsp3) is 0.217. The Labute approximate surface area is 173 Å². The molecule has 3 aromatic heterocycles. The first kappa shape index (κ1) is 18.4. The van der Waals surface area contributed by atoms with Crippen molar-refractivity contribution in [2.24, 2.45) is 0 Å². The van der Waals surface area contributed by atoms with Crippen molar-refractivity contribution >= 4 is 16.9 Å². The summed E-state index contributed by atoms with van der Waals surface area (Å²) in [4.78, 5) is 29.3. The molecule has 1 fully saturated rings. The maximum Gasteiger partial charge on any atom is 0.340 e. The third kappa shape index (κ3) is 3.55. The van der Waals surface area contributed by atoms with Crippen molar-refractivity contribution in [3.05, 3.63) is 66.2 Å².